The summed E-state index contributed by atoms with van der Waals surface area (Å²) in [5.74, 6) is 0.815. The average molecular weight is 422 g/mol. The van der Waals surface area contributed by atoms with E-state index >= 15 is 0 Å². The molecule has 0 radical (unpaired) electrons. The Morgan fingerprint density at radius 1 is 1.10 bits per heavy atom. The third-order valence-electron chi connectivity index (χ3n) is 5.89. The minimum atomic E-state index is -0.592. The molecule has 1 saturated carbocycles. The van der Waals surface area contributed by atoms with Crippen molar-refractivity contribution < 1.29 is 14.3 Å². The van der Waals surface area contributed by atoms with Crippen molar-refractivity contribution in [1.29, 1.82) is 0 Å². The molecule has 1 fully saturated rings. The van der Waals surface area contributed by atoms with E-state index in [0.29, 0.717) is 26.1 Å². The van der Waals surface area contributed by atoms with Crippen LogP contribution in [0.4, 0.5) is 0 Å². The van der Waals surface area contributed by atoms with Gasteiger partial charge in [0.15, 0.2) is 0 Å². The molecule has 2 atom stereocenters. The Kier molecular flexibility index (Phi) is 6.56. The maximum Gasteiger partial charge on any atom is 0.246 e. The van der Waals surface area contributed by atoms with E-state index in [9.17, 15) is 9.59 Å². The van der Waals surface area contributed by atoms with Gasteiger partial charge in [0.1, 0.15) is 18.4 Å². The Balaban J connectivity index is 1.61. The SMILES string of the molecule is CN(C)C[C@@H]1COc2ccccc2CN1C(=O)[C@H](Cc1ccccc1)NC(=O)C1CC1. The summed E-state index contributed by atoms with van der Waals surface area (Å²) in [5.41, 5.74) is 2.02. The number of amides is 2. The molecule has 31 heavy (non-hydrogen) atoms. The first kappa shape index (κ1) is 21.4. The molecule has 2 aromatic carbocycles. The Hall–Kier alpha value is -2.86. The summed E-state index contributed by atoms with van der Waals surface area (Å²) < 4.78 is 6.06. The van der Waals surface area contributed by atoms with Crippen molar-refractivity contribution in [3.8, 4) is 5.75 Å². The Morgan fingerprint density at radius 2 is 1.81 bits per heavy atom. The highest BCUT2D eigenvalue weighted by molar-refractivity contribution is 5.90. The number of nitrogens with one attached hydrogen (secondary N) is 1. The van der Waals surface area contributed by atoms with E-state index in [-0.39, 0.29) is 23.8 Å². The molecular weight excluding hydrogens is 390 g/mol. The van der Waals surface area contributed by atoms with E-state index in [1.165, 1.54) is 0 Å². The lowest BCUT2D eigenvalue weighted by atomic mass is 10.0. The van der Waals surface area contributed by atoms with Crippen LogP contribution >= 0.6 is 0 Å². The Morgan fingerprint density at radius 3 is 2.52 bits per heavy atom. The van der Waals surface area contributed by atoms with Crippen LogP contribution < -0.4 is 10.1 Å². The number of carbonyl (C=O) groups excluding carboxylic acids is 2. The number of benzene rings is 2. The molecule has 1 heterocycles. The van der Waals surface area contributed by atoms with Crippen LogP contribution in [0.3, 0.4) is 0 Å². The van der Waals surface area contributed by atoms with Crippen LogP contribution in [0.25, 0.3) is 0 Å². The van der Waals surface area contributed by atoms with Crippen LogP contribution in [0, 0.1) is 5.92 Å². The molecule has 2 aromatic rings. The molecule has 4 rings (SSSR count). The van der Waals surface area contributed by atoms with Crippen molar-refractivity contribution in [2.45, 2.75) is 37.9 Å². The summed E-state index contributed by atoms with van der Waals surface area (Å²) in [4.78, 5) is 30.4. The predicted molar refractivity (Wildman–Crippen MR) is 120 cm³/mol. The molecule has 0 aromatic heterocycles. The van der Waals surface area contributed by atoms with Crippen molar-refractivity contribution in [3.63, 3.8) is 0 Å². The van der Waals surface area contributed by atoms with Crippen LogP contribution in [-0.2, 0) is 22.6 Å². The number of rotatable bonds is 7. The highest BCUT2D eigenvalue weighted by atomic mass is 16.5. The quantitative estimate of drug-likeness (QED) is 0.746. The highest BCUT2D eigenvalue weighted by Gasteiger charge is 2.37. The lowest BCUT2D eigenvalue weighted by Gasteiger charge is -2.34. The van der Waals surface area contributed by atoms with Gasteiger partial charge >= 0.3 is 0 Å². The van der Waals surface area contributed by atoms with E-state index in [0.717, 1.165) is 29.7 Å². The van der Waals surface area contributed by atoms with E-state index in [4.69, 9.17) is 4.74 Å². The first-order chi connectivity index (χ1) is 15.0. The minimum Gasteiger partial charge on any atom is -0.491 e. The van der Waals surface area contributed by atoms with Crippen LogP contribution in [0.1, 0.15) is 24.0 Å². The van der Waals surface area contributed by atoms with Gasteiger partial charge < -0.3 is 19.9 Å². The summed E-state index contributed by atoms with van der Waals surface area (Å²) in [6.45, 7) is 1.59. The zero-order valence-electron chi connectivity index (χ0n) is 18.3. The van der Waals surface area contributed by atoms with Crippen molar-refractivity contribution in [2.75, 3.05) is 27.2 Å². The molecular formula is C25H31N3O3. The first-order valence-electron chi connectivity index (χ1n) is 11.0. The monoisotopic (exact) mass is 421 g/mol. The standard InChI is InChI=1S/C25H31N3O3/c1-27(2)16-21-17-31-23-11-7-6-10-20(23)15-28(21)25(30)22(26-24(29)19-12-13-19)14-18-8-4-3-5-9-18/h3-11,19,21-22H,12-17H2,1-2H3,(H,26,29)/t21-,22+/m1/s1. The molecule has 6 heteroatoms. The third kappa shape index (κ3) is 5.44. The van der Waals surface area contributed by atoms with E-state index in [1.54, 1.807) is 0 Å². The summed E-state index contributed by atoms with van der Waals surface area (Å²) in [5, 5.41) is 3.06. The molecule has 1 aliphatic heterocycles. The van der Waals surface area contributed by atoms with Gasteiger partial charge in [0.25, 0.3) is 0 Å². The normalized spacial score (nSPS) is 19.2. The fourth-order valence-electron chi connectivity index (χ4n) is 4.08. The highest BCUT2D eigenvalue weighted by Crippen LogP contribution is 2.30. The van der Waals surface area contributed by atoms with Gasteiger partial charge in [0, 0.05) is 31.0 Å². The molecule has 6 nitrogen and oxygen atoms in total. The van der Waals surface area contributed by atoms with E-state index < -0.39 is 6.04 Å². The lowest BCUT2D eigenvalue weighted by molar-refractivity contribution is -0.140. The van der Waals surface area contributed by atoms with Crippen LogP contribution in [0.15, 0.2) is 54.6 Å². The lowest BCUT2D eigenvalue weighted by Crippen LogP contribution is -2.55. The number of hydrogen-bond donors (Lipinski definition) is 1. The average Bonchev–Trinajstić information content (AvgIpc) is 3.61. The van der Waals surface area contributed by atoms with Gasteiger partial charge in [-0.2, -0.15) is 0 Å². The van der Waals surface area contributed by atoms with Gasteiger partial charge in [-0.3, -0.25) is 9.59 Å². The van der Waals surface area contributed by atoms with Crippen LogP contribution in [0.2, 0.25) is 0 Å². The number of para-hydroxylation sites is 1. The number of likely N-dealkylation sites (N-methyl/N-ethyl adjacent to an activating group) is 1. The molecule has 0 bridgehead atoms. The predicted octanol–water partition coefficient (Wildman–Crippen LogP) is 2.48. The fraction of sp³-hybridized carbons (Fsp3) is 0.440. The van der Waals surface area contributed by atoms with Crippen molar-refractivity contribution in [3.05, 3.63) is 65.7 Å². The molecule has 2 aliphatic rings. The number of carbonyl (C=O) groups is 2. The van der Waals surface area contributed by atoms with Gasteiger partial charge in [0.2, 0.25) is 11.8 Å². The molecule has 1 aliphatic carbocycles. The maximum atomic E-state index is 13.9. The Labute approximate surface area is 184 Å². The van der Waals surface area contributed by atoms with Gasteiger partial charge in [-0.1, -0.05) is 48.5 Å². The van der Waals surface area contributed by atoms with Crippen molar-refractivity contribution >= 4 is 11.8 Å². The zero-order chi connectivity index (χ0) is 21.8. The molecule has 0 unspecified atom stereocenters. The largest absolute Gasteiger partial charge is 0.491 e. The fourth-order valence-corrected chi connectivity index (χ4v) is 4.08. The van der Waals surface area contributed by atoms with Gasteiger partial charge in [-0.05, 0) is 38.6 Å². The molecule has 1 N–H and O–H groups in total. The third-order valence-corrected chi connectivity index (χ3v) is 5.89. The maximum absolute atomic E-state index is 13.9. The summed E-state index contributed by atoms with van der Waals surface area (Å²) >= 11 is 0. The van der Waals surface area contributed by atoms with Crippen molar-refractivity contribution in [1.82, 2.24) is 15.1 Å². The number of nitrogens with zero attached hydrogens (tertiary/aromatic N) is 2. The van der Waals surface area contributed by atoms with Crippen LogP contribution in [0.5, 0.6) is 5.75 Å². The minimum absolute atomic E-state index is 0.00934. The summed E-state index contributed by atoms with van der Waals surface area (Å²) in [6, 6.07) is 17.1. The molecule has 0 saturated heterocycles. The van der Waals surface area contributed by atoms with E-state index in [1.807, 2.05) is 73.6 Å². The Bertz CT molecular complexity index is 911. The number of hydrogen-bond acceptors (Lipinski definition) is 4. The van der Waals surface area contributed by atoms with Gasteiger partial charge in [-0.25, -0.2) is 0 Å². The summed E-state index contributed by atoms with van der Waals surface area (Å²) in [6.07, 6.45) is 2.30. The molecule has 164 valence electrons. The number of ether oxygens (including phenoxy) is 1. The second kappa shape index (κ2) is 9.52. The topological polar surface area (TPSA) is 61.9 Å². The molecule has 0 spiro atoms. The zero-order valence-corrected chi connectivity index (χ0v) is 18.3. The number of fused-ring (bicyclic) bond motifs is 1. The second-order valence-electron chi connectivity index (χ2n) is 8.83. The first-order valence-corrected chi connectivity index (χ1v) is 11.0. The van der Waals surface area contributed by atoms with Gasteiger partial charge in [0.05, 0.1) is 6.04 Å². The smallest absolute Gasteiger partial charge is 0.246 e. The van der Waals surface area contributed by atoms with Gasteiger partial charge in [-0.15, -0.1) is 0 Å². The van der Waals surface area contributed by atoms with E-state index in [2.05, 4.69) is 10.2 Å². The van der Waals surface area contributed by atoms with Crippen LogP contribution in [-0.4, -0.2) is 60.9 Å². The summed E-state index contributed by atoms with van der Waals surface area (Å²) in [7, 11) is 3.99. The second-order valence-corrected chi connectivity index (χ2v) is 8.83. The van der Waals surface area contributed by atoms with Crippen molar-refractivity contribution in [2.24, 2.45) is 5.92 Å². The molecule has 2 amide bonds.